The van der Waals surface area contributed by atoms with Crippen molar-refractivity contribution in [3.05, 3.63) is 47.7 Å². The van der Waals surface area contributed by atoms with Gasteiger partial charge in [-0.15, -0.1) is 0 Å². The van der Waals surface area contributed by atoms with E-state index < -0.39 is 0 Å². The van der Waals surface area contributed by atoms with E-state index in [9.17, 15) is 4.79 Å². The average Bonchev–Trinajstić information content (AvgIpc) is 3.36. The molecule has 7 rings (SSSR count). The molecular weight excluding hydrogens is 406 g/mol. The quantitative estimate of drug-likeness (QED) is 0.464. The number of carbonyl (C=O) groups is 1. The molecule has 6 nitrogen and oxygen atoms in total. The Bertz CT molecular complexity index is 1390. The first-order valence-electron chi connectivity index (χ1n) is 11.1. The summed E-state index contributed by atoms with van der Waals surface area (Å²) in [4.78, 5) is 13.2. The number of ether oxygens (including phenoxy) is 4. The number of hydrogen-bond donors (Lipinski definition) is 0. The number of nitrogens with zero attached hydrogens (tertiary/aromatic N) is 1. The van der Waals surface area contributed by atoms with Gasteiger partial charge in [0.15, 0.2) is 35.3 Å². The Labute approximate surface area is 185 Å². The summed E-state index contributed by atoms with van der Waals surface area (Å²) in [5, 5.41) is 1.97. The van der Waals surface area contributed by atoms with E-state index in [4.69, 9.17) is 18.9 Å². The molecule has 0 amide bonds. The van der Waals surface area contributed by atoms with E-state index in [1.807, 2.05) is 6.07 Å². The van der Waals surface area contributed by atoms with Crippen molar-refractivity contribution < 1.29 is 28.3 Å². The Hall–Kier alpha value is -3.54. The van der Waals surface area contributed by atoms with Crippen LogP contribution in [0.25, 0.3) is 27.6 Å². The molecule has 0 spiro atoms. The maximum Gasteiger partial charge on any atom is 0.231 e. The van der Waals surface area contributed by atoms with Crippen LogP contribution in [0.15, 0.2) is 30.8 Å². The van der Waals surface area contributed by atoms with Gasteiger partial charge in [0.25, 0.3) is 0 Å². The number of hydrogen-bond acceptors (Lipinski definition) is 5. The van der Waals surface area contributed by atoms with Gasteiger partial charge in [-0.1, -0.05) is 6.58 Å². The van der Waals surface area contributed by atoms with Crippen LogP contribution in [0, 0.1) is 12.8 Å². The van der Waals surface area contributed by atoms with Crippen molar-refractivity contribution in [2.75, 3.05) is 13.6 Å². The Morgan fingerprint density at radius 3 is 2.59 bits per heavy atom. The van der Waals surface area contributed by atoms with Gasteiger partial charge in [0.2, 0.25) is 25.0 Å². The highest BCUT2D eigenvalue weighted by Gasteiger charge is 2.40. The standard InChI is InChI=1S/C26H22NO5/c1-13-17-5-6-19-26(32-12-29-19)22(17)24(14(2)25(28)15-3-4-15)27-8-7-16-9-20-21(31-11-30-20)10-18(16)23(13)27/h5-6,9-10,15H,2-4,7-8,11-12H2,1H3/q+1. The van der Waals surface area contributed by atoms with Gasteiger partial charge in [0, 0.05) is 23.3 Å². The number of Topliss-reactive ketones (excluding diaryl/α,β-unsaturated/α-hetero) is 1. The summed E-state index contributed by atoms with van der Waals surface area (Å²) in [6.45, 7) is 7.61. The van der Waals surface area contributed by atoms with Crippen molar-refractivity contribution in [1.29, 1.82) is 0 Å². The lowest BCUT2D eigenvalue weighted by molar-refractivity contribution is -0.688. The molecule has 1 fully saturated rings. The van der Waals surface area contributed by atoms with E-state index in [1.165, 1.54) is 5.56 Å². The molecule has 32 heavy (non-hydrogen) atoms. The monoisotopic (exact) mass is 428 g/mol. The van der Waals surface area contributed by atoms with Gasteiger partial charge in [-0.2, -0.15) is 4.57 Å². The van der Waals surface area contributed by atoms with Crippen LogP contribution >= 0.6 is 0 Å². The number of rotatable bonds is 3. The molecule has 0 atom stereocenters. The van der Waals surface area contributed by atoms with Gasteiger partial charge in [-0.05, 0) is 49.6 Å². The largest absolute Gasteiger partial charge is 0.454 e. The predicted octanol–water partition coefficient (Wildman–Crippen LogP) is 4.11. The number of ketones is 1. The van der Waals surface area contributed by atoms with Crippen LogP contribution in [0.4, 0.5) is 0 Å². The summed E-state index contributed by atoms with van der Waals surface area (Å²) < 4.78 is 25.1. The number of carbonyl (C=O) groups excluding carboxylic acids is 1. The molecule has 1 aromatic heterocycles. The van der Waals surface area contributed by atoms with Crippen LogP contribution in [-0.2, 0) is 17.8 Å². The van der Waals surface area contributed by atoms with Gasteiger partial charge < -0.3 is 18.9 Å². The number of aryl methyl sites for hydroxylation is 2. The first-order chi connectivity index (χ1) is 15.6. The van der Waals surface area contributed by atoms with Crippen molar-refractivity contribution >= 4 is 22.1 Å². The van der Waals surface area contributed by atoms with Crippen LogP contribution < -0.4 is 23.5 Å². The zero-order valence-corrected chi connectivity index (χ0v) is 17.8. The van der Waals surface area contributed by atoms with Crippen molar-refractivity contribution in [1.82, 2.24) is 0 Å². The molecule has 0 unspecified atom stereocenters. The molecule has 0 bridgehead atoms. The fourth-order valence-electron chi connectivity index (χ4n) is 5.33. The second kappa shape index (κ2) is 6.25. The third-order valence-electron chi connectivity index (χ3n) is 7.06. The van der Waals surface area contributed by atoms with Crippen molar-refractivity contribution in [3.63, 3.8) is 0 Å². The second-order valence-corrected chi connectivity index (χ2v) is 8.93. The number of benzene rings is 2. The molecule has 160 valence electrons. The number of pyridine rings is 1. The van der Waals surface area contributed by atoms with Crippen molar-refractivity contribution in [3.8, 4) is 34.3 Å². The maximum absolute atomic E-state index is 13.2. The van der Waals surface area contributed by atoms with E-state index in [0.29, 0.717) is 17.1 Å². The van der Waals surface area contributed by atoms with Crippen LogP contribution in [-0.4, -0.2) is 19.4 Å². The Balaban J connectivity index is 1.57. The fraction of sp³-hybridized carbons (Fsp3) is 0.308. The van der Waals surface area contributed by atoms with Crippen molar-refractivity contribution in [2.24, 2.45) is 5.92 Å². The minimum Gasteiger partial charge on any atom is -0.454 e. The lowest BCUT2D eigenvalue weighted by Crippen LogP contribution is -2.45. The Morgan fingerprint density at radius 2 is 1.78 bits per heavy atom. The highest BCUT2D eigenvalue weighted by Crippen LogP contribution is 2.47. The van der Waals surface area contributed by atoms with E-state index in [2.05, 4.69) is 36.3 Å². The summed E-state index contributed by atoms with van der Waals surface area (Å²) >= 11 is 0. The van der Waals surface area contributed by atoms with E-state index >= 15 is 0 Å². The summed E-state index contributed by atoms with van der Waals surface area (Å²) in [6.07, 6.45) is 2.72. The summed E-state index contributed by atoms with van der Waals surface area (Å²) in [6, 6.07) is 8.18. The smallest absolute Gasteiger partial charge is 0.231 e. The number of allylic oxidation sites excluding steroid dienone is 1. The van der Waals surface area contributed by atoms with E-state index in [0.717, 1.165) is 70.6 Å². The molecule has 6 heteroatoms. The van der Waals surface area contributed by atoms with E-state index in [1.54, 1.807) is 0 Å². The van der Waals surface area contributed by atoms with Crippen LogP contribution in [0.3, 0.4) is 0 Å². The molecule has 1 aliphatic carbocycles. The molecule has 0 N–H and O–H groups in total. The number of fused-ring (bicyclic) bond motifs is 7. The van der Waals surface area contributed by atoms with Crippen LogP contribution in [0.1, 0.15) is 29.7 Å². The lowest BCUT2D eigenvalue weighted by Gasteiger charge is -2.22. The highest BCUT2D eigenvalue weighted by molar-refractivity contribution is 6.24. The molecule has 0 saturated heterocycles. The zero-order chi connectivity index (χ0) is 21.6. The zero-order valence-electron chi connectivity index (χ0n) is 17.8. The summed E-state index contributed by atoms with van der Waals surface area (Å²) in [5.41, 5.74) is 5.98. The van der Waals surface area contributed by atoms with E-state index in [-0.39, 0.29) is 25.3 Å². The maximum atomic E-state index is 13.2. The third kappa shape index (κ3) is 2.35. The lowest BCUT2D eigenvalue weighted by atomic mass is 9.88. The van der Waals surface area contributed by atoms with Crippen LogP contribution in [0.5, 0.6) is 23.0 Å². The molecule has 0 radical (unpaired) electrons. The first-order valence-corrected chi connectivity index (χ1v) is 11.1. The topological polar surface area (TPSA) is 57.9 Å². The normalized spacial score (nSPS) is 17.3. The van der Waals surface area contributed by atoms with Crippen molar-refractivity contribution in [2.45, 2.75) is 32.7 Å². The first kappa shape index (κ1) is 18.1. The molecule has 4 aliphatic rings. The highest BCUT2D eigenvalue weighted by atomic mass is 16.7. The summed E-state index contributed by atoms with van der Waals surface area (Å²) in [7, 11) is 0. The third-order valence-corrected chi connectivity index (χ3v) is 7.06. The molecule has 4 heterocycles. The van der Waals surface area contributed by atoms with Gasteiger partial charge in [-0.25, -0.2) is 0 Å². The Morgan fingerprint density at radius 1 is 1.03 bits per heavy atom. The predicted molar refractivity (Wildman–Crippen MR) is 117 cm³/mol. The Kier molecular flexibility index (Phi) is 3.53. The van der Waals surface area contributed by atoms with Gasteiger partial charge >= 0.3 is 0 Å². The van der Waals surface area contributed by atoms with Crippen LogP contribution in [0.2, 0.25) is 0 Å². The fourth-order valence-corrected chi connectivity index (χ4v) is 5.33. The van der Waals surface area contributed by atoms with Gasteiger partial charge in [0.05, 0.1) is 11.1 Å². The van der Waals surface area contributed by atoms with Gasteiger partial charge in [0.1, 0.15) is 5.39 Å². The molecule has 1 saturated carbocycles. The second-order valence-electron chi connectivity index (χ2n) is 8.93. The minimum atomic E-state index is 0.0914. The summed E-state index contributed by atoms with van der Waals surface area (Å²) in [5.74, 6) is 3.21. The molecule has 3 aromatic rings. The SMILES string of the molecule is C=C(C(=O)C1CC1)c1c2c3c(ccc2c(C)c2[n+]1CCc1cc4c(cc1-2)OCO4)OCO3. The molecular formula is C26H22NO5+. The van der Waals surface area contributed by atoms with Gasteiger partial charge in [-0.3, -0.25) is 4.79 Å². The number of aromatic nitrogens is 1. The molecule has 2 aromatic carbocycles. The minimum absolute atomic E-state index is 0.0914. The average molecular weight is 428 g/mol. The molecule has 3 aliphatic heterocycles.